The van der Waals surface area contributed by atoms with Gasteiger partial charge in [-0.05, 0) is 36.1 Å². The third-order valence-corrected chi connectivity index (χ3v) is 4.28. The van der Waals surface area contributed by atoms with Crippen molar-refractivity contribution >= 4 is 35.6 Å². The highest BCUT2D eigenvalue weighted by Crippen LogP contribution is 2.11. The molecule has 6 heteroatoms. The molecule has 0 unspecified atom stereocenters. The molecule has 0 saturated carbocycles. The van der Waals surface area contributed by atoms with Crippen molar-refractivity contribution in [2.45, 2.75) is 32.9 Å². The quantitative estimate of drug-likeness (QED) is 0.305. The van der Waals surface area contributed by atoms with Gasteiger partial charge in [0, 0.05) is 24.6 Å². The number of imidazole rings is 1. The van der Waals surface area contributed by atoms with E-state index in [0.717, 1.165) is 30.9 Å². The predicted octanol–water partition coefficient (Wildman–Crippen LogP) is 4.23. The number of nitrogens with one attached hydrogen (secondary N) is 1. The molecule has 0 aliphatic heterocycles. The monoisotopic (exact) mass is 475 g/mol. The lowest BCUT2D eigenvalue weighted by molar-refractivity contribution is 0.652. The molecule has 3 rings (SSSR count). The van der Waals surface area contributed by atoms with Crippen LogP contribution in [0.4, 0.5) is 5.69 Å². The van der Waals surface area contributed by atoms with Gasteiger partial charge in [0.15, 0.2) is 5.96 Å². The van der Waals surface area contributed by atoms with E-state index in [1.54, 1.807) is 0 Å². The SMILES string of the molecule is CCc1cccc(NC(N)=NCc2nccn2CCc2ccccc2)c1.I. The number of aromatic nitrogens is 2. The topological polar surface area (TPSA) is 68.2 Å². The summed E-state index contributed by atoms with van der Waals surface area (Å²) in [4.78, 5) is 8.84. The van der Waals surface area contributed by atoms with Gasteiger partial charge in [-0.15, -0.1) is 24.0 Å². The van der Waals surface area contributed by atoms with Gasteiger partial charge in [0.1, 0.15) is 12.4 Å². The number of benzene rings is 2. The zero-order valence-electron chi connectivity index (χ0n) is 15.5. The average Bonchev–Trinajstić information content (AvgIpc) is 3.13. The average molecular weight is 475 g/mol. The van der Waals surface area contributed by atoms with Gasteiger partial charge in [0.05, 0.1) is 0 Å². The van der Waals surface area contributed by atoms with Crippen molar-refractivity contribution in [3.63, 3.8) is 0 Å². The van der Waals surface area contributed by atoms with Crippen molar-refractivity contribution in [3.8, 4) is 0 Å². The molecule has 3 N–H and O–H groups in total. The van der Waals surface area contributed by atoms with E-state index in [1.165, 1.54) is 11.1 Å². The highest BCUT2D eigenvalue weighted by atomic mass is 127. The van der Waals surface area contributed by atoms with Gasteiger partial charge in [-0.1, -0.05) is 49.4 Å². The summed E-state index contributed by atoms with van der Waals surface area (Å²) >= 11 is 0. The first-order valence-electron chi connectivity index (χ1n) is 8.94. The molecule has 1 aromatic heterocycles. The fourth-order valence-corrected chi connectivity index (χ4v) is 2.80. The van der Waals surface area contributed by atoms with Gasteiger partial charge < -0.3 is 15.6 Å². The second kappa shape index (κ2) is 10.7. The number of hydrogen-bond acceptors (Lipinski definition) is 2. The number of aryl methyl sites for hydroxylation is 3. The number of rotatable bonds is 7. The van der Waals surface area contributed by atoms with E-state index in [4.69, 9.17) is 5.73 Å². The Morgan fingerprint density at radius 1 is 1.11 bits per heavy atom. The molecule has 0 aliphatic carbocycles. The molecule has 5 nitrogen and oxygen atoms in total. The molecule has 0 saturated heterocycles. The Labute approximate surface area is 177 Å². The third kappa shape index (κ3) is 6.39. The predicted molar refractivity (Wildman–Crippen MR) is 123 cm³/mol. The maximum atomic E-state index is 6.03. The smallest absolute Gasteiger partial charge is 0.193 e. The Balaban J connectivity index is 0.00000261. The van der Waals surface area contributed by atoms with Gasteiger partial charge in [-0.2, -0.15) is 0 Å². The Morgan fingerprint density at radius 2 is 1.89 bits per heavy atom. The summed E-state index contributed by atoms with van der Waals surface area (Å²) < 4.78 is 2.13. The van der Waals surface area contributed by atoms with Crippen LogP contribution in [0.2, 0.25) is 0 Å². The van der Waals surface area contributed by atoms with Crippen LogP contribution >= 0.6 is 24.0 Å². The highest BCUT2D eigenvalue weighted by Gasteiger charge is 2.03. The summed E-state index contributed by atoms with van der Waals surface area (Å²) in [5.41, 5.74) is 9.56. The number of anilines is 1. The molecule has 2 aromatic carbocycles. The standard InChI is InChI=1S/C21H25N5.HI/c1-2-17-9-6-10-19(15-17)25-21(22)24-16-20-23-12-14-26(20)13-11-18-7-4-3-5-8-18;/h3-10,12,14-15H,2,11,13,16H2,1H3,(H3,22,24,25);1H. The number of hydrogen-bond donors (Lipinski definition) is 2. The molecule has 1 heterocycles. The lowest BCUT2D eigenvalue weighted by atomic mass is 10.1. The normalized spacial score (nSPS) is 11.1. The molecule has 0 bridgehead atoms. The molecule has 0 aliphatic rings. The van der Waals surface area contributed by atoms with Gasteiger partial charge in [-0.3, -0.25) is 0 Å². The number of aliphatic imine (C=N–C) groups is 1. The van der Waals surface area contributed by atoms with E-state index >= 15 is 0 Å². The van der Waals surface area contributed by atoms with E-state index in [-0.39, 0.29) is 24.0 Å². The van der Waals surface area contributed by atoms with Crippen LogP contribution in [0.15, 0.2) is 72.0 Å². The second-order valence-electron chi connectivity index (χ2n) is 6.15. The fraction of sp³-hybridized carbons (Fsp3) is 0.238. The van der Waals surface area contributed by atoms with Crippen molar-refractivity contribution < 1.29 is 0 Å². The summed E-state index contributed by atoms with van der Waals surface area (Å²) in [5, 5.41) is 3.15. The minimum atomic E-state index is 0. The zero-order chi connectivity index (χ0) is 18.2. The summed E-state index contributed by atoms with van der Waals surface area (Å²) in [5.74, 6) is 1.31. The molecule has 27 heavy (non-hydrogen) atoms. The highest BCUT2D eigenvalue weighted by molar-refractivity contribution is 14.0. The van der Waals surface area contributed by atoms with Gasteiger partial charge in [-0.25, -0.2) is 9.98 Å². The minimum Gasteiger partial charge on any atom is -0.370 e. The van der Waals surface area contributed by atoms with Gasteiger partial charge in [0.2, 0.25) is 0 Å². The first-order valence-corrected chi connectivity index (χ1v) is 8.94. The molecule has 0 radical (unpaired) electrons. The Bertz CT molecular complexity index is 858. The van der Waals surface area contributed by atoms with Gasteiger partial charge in [0.25, 0.3) is 0 Å². The van der Waals surface area contributed by atoms with Gasteiger partial charge >= 0.3 is 0 Å². The van der Waals surface area contributed by atoms with Crippen LogP contribution in [0.5, 0.6) is 0 Å². The van der Waals surface area contributed by atoms with Crippen LogP contribution in [0.1, 0.15) is 23.9 Å². The molecule has 0 atom stereocenters. The summed E-state index contributed by atoms with van der Waals surface area (Å²) in [6.07, 6.45) is 5.75. The Morgan fingerprint density at radius 3 is 2.67 bits per heavy atom. The first kappa shape index (κ1) is 21.0. The Kier molecular flexibility index (Phi) is 8.32. The molecular formula is C21H26IN5. The molecule has 0 amide bonds. The summed E-state index contributed by atoms with van der Waals surface area (Å²) in [6.45, 7) is 3.46. The van der Waals surface area contributed by atoms with Crippen LogP contribution in [0, 0.1) is 0 Å². The van der Waals surface area contributed by atoms with E-state index < -0.39 is 0 Å². The van der Waals surface area contributed by atoms with E-state index in [0.29, 0.717) is 12.5 Å². The molecular weight excluding hydrogens is 449 g/mol. The van der Waals surface area contributed by atoms with Crippen molar-refractivity contribution in [1.29, 1.82) is 0 Å². The van der Waals surface area contributed by atoms with Crippen LogP contribution < -0.4 is 11.1 Å². The number of nitrogens with zero attached hydrogens (tertiary/aromatic N) is 3. The minimum absolute atomic E-state index is 0. The second-order valence-corrected chi connectivity index (χ2v) is 6.15. The van der Waals surface area contributed by atoms with Crippen LogP contribution in [-0.4, -0.2) is 15.5 Å². The van der Waals surface area contributed by atoms with E-state index in [9.17, 15) is 0 Å². The fourth-order valence-electron chi connectivity index (χ4n) is 2.80. The largest absolute Gasteiger partial charge is 0.370 e. The number of nitrogens with two attached hydrogens (primary N) is 1. The van der Waals surface area contributed by atoms with Crippen LogP contribution in [0.3, 0.4) is 0 Å². The maximum absolute atomic E-state index is 6.03. The lowest BCUT2D eigenvalue weighted by Gasteiger charge is -2.09. The lowest BCUT2D eigenvalue weighted by Crippen LogP contribution is -2.23. The third-order valence-electron chi connectivity index (χ3n) is 4.28. The van der Waals surface area contributed by atoms with E-state index in [2.05, 4.69) is 63.2 Å². The van der Waals surface area contributed by atoms with Crippen LogP contribution in [-0.2, 0) is 25.9 Å². The maximum Gasteiger partial charge on any atom is 0.193 e. The Hall–Kier alpha value is -2.35. The first-order chi connectivity index (χ1) is 12.7. The molecule has 0 spiro atoms. The number of halogens is 1. The summed E-state index contributed by atoms with van der Waals surface area (Å²) in [7, 11) is 0. The van der Waals surface area contributed by atoms with Crippen molar-refractivity contribution in [2.75, 3.05) is 5.32 Å². The van der Waals surface area contributed by atoms with Crippen molar-refractivity contribution in [2.24, 2.45) is 10.7 Å². The van der Waals surface area contributed by atoms with Crippen molar-refractivity contribution in [3.05, 3.63) is 83.9 Å². The molecule has 0 fully saturated rings. The number of guanidine groups is 1. The van der Waals surface area contributed by atoms with Crippen molar-refractivity contribution in [1.82, 2.24) is 9.55 Å². The zero-order valence-corrected chi connectivity index (χ0v) is 17.8. The van der Waals surface area contributed by atoms with Crippen LogP contribution in [0.25, 0.3) is 0 Å². The van der Waals surface area contributed by atoms with E-state index in [1.807, 2.05) is 30.6 Å². The molecule has 142 valence electrons. The molecule has 3 aromatic rings. The summed E-state index contributed by atoms with van der Waals surface area (Å²) in [6, 6.07) is 18.6.